The Morgan fingerprint density at radius 1 is 1.53 bits per heavy atom. The van der Waals surface area contributed by atoms with Crippen LogP contribution in [0.2, 0.25) is 0 Å². The highest BCUT2D eigenvalue weighted by Gasteiger charge is 2.12. The van der Waals surface area contributed by atoms with E-state index in [-0.39, 0.29) is 10.7 Å². The zero-order valence-electron chi connectivity index (χ0n) is 10.1. The lowest BCUT2D eigenvalue weighted by Gasteiger charge is -2.23. The van der Waals surface area contributed by atoms with Crippen LogP contribution < -0.4 is 11.2 Å². The van der Waals surface area contributed by atoms with Crippen LogP contribution in [0.5, 0.6) is 0 Å². The molecule has 0 aromatic carbocycles. The smallest absolute Gasteiger partial charge is 0.184 e. The molecule has 0 atom stereocenters. The average molecular weight is 268 g/mol. The third kappa shape index (κ3) is 3.90. The molecule has 1 aromatic rings. The van der Waals surface area contributed by atoms with Crippen LogP contribution in [0.4, 0.5) is 0 Å². The van der Waals surface area contributed by atoms with Crippen molar-refractivity contribution in [3.05, 3.63) is 28.5 Å². The lowest BCUT2D eigenvalue weighted by Crippen LogP contribution is -2.25. The van der Waals surface area contributed by atoms with Crippen molar-refractivity contribution in [3.63, 3.8) is 0 Å². The second kappa shape index (κ2) is 5.37. The number of nitrogens with two attached hydrogens (primary N) is 1. The minimum atomic E-state index is -0.0580. The highest BCUT2D eigenvalue weighted by atomic mass is 32.1. The number of hydrogen-bond acceptors (Lipinski definition) is 3. The summed E-state index contributed by atoms with van der Waals surface area (Å²) in [4.78, 5) is 0. The van der Waals surface area contributed by atoms with Crippen LogP contribution >= 0.6 is 24.4 Å². The second-order valence-corrected chi connectivity index (χ2v) is 5.37. The maximum absolute atomic E-state index is 5.40. The van der Waals surface area contributed by atoms with E-state index in [0.29, 0.717) is 0 Å². The van der Waals surface area contributed by atoms with E-state index in [2.05, 4.69) is 43.5 Å². The van der Waals surface area contributed by atoms with Crippen molar-refractivity contribution in [1.29, 1.82) is 0 Å². The summed E-state index contributed by atoms with van der Waals surface area (Å²) in [6.45, 7) is 6.28. The Hall–Kier alpha value is -1.27. The molecule has 0 radical (unpaired) electrons. The summed E-state index contributed by atoms with van der Waals surface area (Å²) in [7, 11) is 0. The molecule has 1 aromatic heterocycles. The molecule has 0 fully saturated rings. The molecule has 0 aliphatic heterocycles. The van der Waals surface area contributed by atoms with Crippen molar-refractivity contribution < 1.29 is 0 Å². The molecule has 3 N–H and O–H groups in total. The van der Waals surface area contributed by atoms with Crippen molar-refractivity contribution in [1.82, 2.24) is 9.99 Å². The molecule has 4 nitrogen and oxygen atoms in total. The zero-order chi connectivity index (χ0) is 13.1. The summed E-state index contributed by atoms with van der Waals surface area (Å²) in [5, 5.41) is 4.04. The van der Waals surface area contributed by atoms with E-state index >= 15 is 0 Å². The molecule has 0 aliphatic carbocycles. The maximum atomic E-state index is 5.40. The Morgan fingerprint density at radius 2 is 2.18 bits per heavy atom. The predicted octanol–water partition coefficient (Wildman–Crippen LogP) is 2.14. The van der Waals surface area contributed by atoms with Gasteiger partial charge in [-0.25, -0.2) is 0 Å². The van der Waals surface area contributed by atoms with E-state index < -0.39 is 0 Å². The van der Waals surface area contributed by atoms with Crippen LogP contribution in [0.3, 0.4) is 0 Å². The van der Waals surface area contributed by atoms with E-state index in [1.54, 1.807) is 6.21 Å². The third-order valence-electron chi connectivity index (χ3n) is 2.08. The highest BCUT2D eigenvalue weighted by Crippen LogP contribution is 2.15. The average Bonchev–Trinajstić information content (AvgIpc) is 2.18. The van der Waals surface area contributed by atoms with Gasteiger partial charge in [-0.05, 0) is 45.1 Å². The Labute approximate surface area is 112 Å². The van der Waals surface area contributed by atoms with Gasteiger partial charge in [0.2, 0.25) is 0 Å². The lowest BCUT2D eigenvalue weighted by atomic mass is 10.1. The van der Waals surface area contributed by atoms with Crippen LogP contribution in [-0.2, 0) is 5.54 Å². The fraction of sp³-hybridized carbons (Fsp3) is 0.364. The molecule has 1 rings (SSSR count). The minimum absolute atomic E-state index is 0.0580. The molecule has 0 saturated carbocycles. The van der Waals surface area contributed by atoms with Gasteiger partial charge in [-0.3, -0.25) is 5.43 Å². The molecular weight excluding hydrogens is 252 g/mol. The van der Waals surface area contributed by atoms with E-state index in [0.717, 1.165) is 10.2 Å². The minimum Gasteiger partial charge on any atom is -0.375 e. The third-order valence-corrected chi connectivity index (χ3v) is 2.60. The van der Waals surface area contributed by atoms with Gasteiger partial charge in [0.25, 0.3) is 0 Å². The molecule has 6 heteroatoms. The maximum Gasteiger partial charge on any atom is 0.184 e. The van der Waals surface area contributed by atoms with Crippen molar-refractivity contribution in [2.24, 2.45) is 10.8 Å². The molecule has 0 spiro atoms. The number of nitrogens with one attached hydrogen (secondary N) is 1. The molecule has 0 amide bonds. The van der Waals surface area contributed by atoms with Crippen molar-refractivity contribution >= 4 is 35.8 Å². The Kier molecular flexibility index (Phi) is 4.36. The molecule has 0 bridgehead atoms. The predicted molar refractivity (Wildman–Crippen MR) is 77.8 cm³/mol. The first-order chi connectivity index (χ1) is 7.82. The summed E-state index contributed by atoms with van der Waals surface area (Å²) in [5.41, 5.74) is 8.56. The van der Waals surface area contributed by atoms with Crippen LogP contribution in [0, 0.1) is 4.64 Å². The number of aromatic nitrogens is 1. The number of thiocarbonyl (C=S) groups is 1. The lowest BCUT2D eigenvalue weighted by molar-refractivity contribution is 0.390. The Morgan fingerprint density at radius 3 is 2.71 bits per heavy atom. The fourth-order valence-electron chi connectivity index (χ4n) is 1.30. The summed E-state index contributed by atoms with van der Waals surface area (Å²) < 4.78 is 2.75. The topological polar surface area (TPSA) is 55.3 Å². The standard InChI is InChI=1S/C11H16N4S2/c1-11(2,3)15-6-4-5-8(9(15)16)7-13-14-10(12)17/h4-7H,1-3H3,(H3,12,14,17). The van der Waals surface area contributed by atoms with Gasteiger partial charge in [0.15, 0.2) is 5.11 Å². The Bertz CT molecular complexity index is 497. The molecule has 92 valence electrons. The largest absolute Gasteiger partial charge is 0.375 e. The molecule has 0 aliphatic rings. The van der Waals surface area contributed by atoms with Gasteiger partial charge in [-0.15, -0.1) is 0 Å². The van der Waals surface area contributed by atoms with Crippen LogP contribution in [0.25, 0.3) is 0 Å². The van der Waals surface area contributed by atoms with Crippen LogP contribution in [0.1, 0.15) is 26.3 Å². The summed E-state index contributed by atoms with van der Waals surface area (Å²) in [6, 6.07) is 3.83. The quantitative estimate of drug-likeness (QED) is 0.490. The molecule has 17 heavy (non-hydrogen) atoms. The normalized spacial score (nSPS) is 11.7. The monoisotopic (exact) mass is 268 g/mol. The molecule has 0 unspecified atom stereocenters. The van der Waals surface area contributed by atoms with Crippen molar-refractivity contribution in [2.75, 3.05) is 0 Å². The van der Waals surface area contributed by atoms with Gasteiger partial charge >= 0.3 is 0 Å². The molecule has 1 heterocycles. The summed E-state index contributed by atoms with van der Waals surface area (Å²) >= 11 is 10.0. The second-order valence-electron chi connectivity index (χ2n) is 4.54. The highest BCUT2D eigenvalue weighted by molar-refractivity contribution is 7.80. The van der Waals surface area contributed by atoms with E-state index in [1.807, 2.05) is 22.9 Å². The first-order valence-electron chi connectivity index (χ1n) is 5.13. The molecule has 0 saturated heterocycles. The number of hydrogen-bond donors (Lipinski definition) is 2. The van der Waals surface area contributed by atoms with E-state index in [1.165, 1.54) is 0 Å². The first kappa shape index (κ1) is 13.8. The fourth-order valence-corrected chi connectivity index (χ4v) is 1.81. The van der Waals surface area contributed by atoms with Crippen LogP contribution in [0.15, 0.2) is 23.4 Å². The van der Waals surface area contributed by atoms with Crippen molar-refractivity contribution in [3.8, 4) is 0 Å². The number of pyridine rings is 1. The van der Waals surface area contributed by atoms with Gasteiger partial charge in [0, 0.05) is 17.3 Å². The number of nitrogens with zero attached hydrogens (tertiary/aromatic N) is 2. The van der Waals surface area contributed by atoms with Gasteiger partial charge in [-0.2, -0.15) is 5.10 Å². The number of rotatable bonds is 2. The first-order valence-corrected chi connectivity index (χ1v) is 5.94. The number of hydrazone groups is 1. The summed E-state index contributed by atoms with van der Waals surface area (Å²) in [5.74, 6) is 0. The molecular formula is C11H16N4S2. The van der Waals surface area contributed by atoms with Gasteiger partial charge in [0.1, 0.15) is 4.64 Å². The zero-order valence-corrected chi connectivity index (χ0v) is 11.7. The van der Waals surface area contributed by atoms with E-state index in [9.17, 15) is 0 Å². The van der Waals surface area contributed by atoms with E-state index in [4.69, 9.17) is 18.0 Å². The van der Waals surface area contributed by atoms with Gasteiger partial charge in [-0.1, -0.05) is 12.2 Å². The van der Waals surface area contributed by atoms with Gasteiger partial charge < -0.3 is 10.3 Å². The SMILES string of the molecule is CC(C)(C)n1cccc(C=NNC(N)=S)c1=S. The Balaban J connectivity index is 3.08. The van der Waals surface area contributed by atoms with Gasteiger partial charge in [0.05, 0.1) is 6.21 Å². The summed E-state index contributed by atoms with van der Waals surface area (Å²) in [6.07, 6.45) is 3.57. The van der Waals surface area contributed by atoms with Crippen molar-refractivity contribution in [2.45, 2.75) is 26.3 Å². The van der Waals surface area contributed by atoms with Crippen LogP contribution in [-0.4, -0.2) is 15.9 Å².